The summed E-state index contributed by atoms with van der Waals surface area (Å²) in [5.41, 5.74) is 1.60. The molecule has 1 aliphatic carbocycles. The first kappa shape index (κ1) is 16.4. The van der Waals surface area contributed by atoms with E-state index in [1.807, 2.05) is 19.9 Å². The molecular weight excluding hydrogens is 305 g/mol. The van der Waals surface area contributed by atoms with Gasteiger partial charge in [-0.15, -0.1) is 0 Å². The van der Waals surface area contributed by atoms with E-state index in [1.165, 1.54) is 18.4 Å². The number of hydrogen-bond donors (Lipinski definition) is 1. The SMILES string of the molecule is CC(C)(NC(=O)CC1=CCCCC1)c1ccc(Cl)cc1Cl. The molecule has 0 aliphatic heterocycles. The Morgan fingerprint density at radius 3 is 2.67 bits per heavy atom. The summed E-state index contributed by atoms with van der Waals surface area (Å²) >= 11 is 12.2. The zero-order valence-electron chi connectivity index (χ0n) is 12.5. The minimum atomic E-state index is -0.520. The van der Waals surface area contributed by atoms with Crippen molar-refractivity contribution < 1.29 is 4.79 Å². The highest BCUT2D eigenvalue weighted by Crippen LogP contribution is 2.30. The van der Waals surface area contributed by atoms with Crippen molar-refractivity contribution in [1.29, 1.82) is 0 Å². The van der Waals surface area contributed by atoms with Gasteiger partial charge in [0.05, 0.1) is 5.54 Å². The van der Waals surface area contributed by atoms with Crippen molar-refractivity contribution in [2.45, 2.75) is 51.5 Å². The molecule has 0 radical (unpaired) electrons. The summed E-state index contributed by atoms with van der Waals surface area (Å²) in [5, 5.41) is 4.24. The Labute approximate surface area is 136 Å². The second kappa shape index (κ2) is 6.85. The molecule has 4 heteroatoms. The predicted molar refractivity (Wildman–Crippen MR) is 88.8 cm³/mol. The van der Waals surface area contributed by atoms with Crippen molar-refractivity contribution in [3.8, 4) is 0 Å². The van der Waals surface area contributed by atoms with Crippen LogP contribution in [0, 0.1) is 0 Å². The molecule has 0 saturated heterocycles. The summed E-state index contributed by atoms with van der Waals surface area (Å²) in [6, 6.07) is 5.36. The van der Waals surface area contributed by atoms with Gasteiger partial charge in [0.15, 0.2) is 0 Å². The monoisotopic (exact) mass is 325 g/mol. The normalized spacial score (nSPS) is 15.5. The molecule has 0 heterocycles. The maximum atomic E-state index is 12.3. The molecule has 0 unspecified atom stereocenters. The summed E-state index contributed by atoms with van der Waals surface area (Å²) < 4.78 is 0. The molecular formula is C17H21Cl2NO. The molecule has 2 nitrogen and oxygen atoms in total. The standard InChI is InChI=1S/C17H21Cl2NO/c1-17(2,14-9-8-13(18)11-15(14)19)20-16(21)10-12-6-4-3-5-7-12/h6,8-9,11H,3-5,7,10H2,1-2H3,(H,20,21). The Morgan fingerprint density at radius 2 is 2.05 bits per heavy atom. The molecule has 1 amide bonds. The van der Waals surface area contributed by atoms with Crippen molar-refractivity contribution >= 4 is 29.1 Å². The van der Waals surface area contributed by atoms with E-state index in [0.717, 1.165) is 18.4 Å². The van der Waals surface area contributed by atoms with E-state index in [-0.39, 0.29) is 5.91 Å². The molecule has 114 valence electrons. The van der Waals surface area contributed by atoms with Gasteiger partial charge in [-0.25, -0.2) is 0 Å². The van der Waals surface area contributed by atoms with Crippen LogP contribution in [0.4, 0.5) is 0 Å². The van der Waals surface area contributed by atoms with Crippen LogP contribution in [0.2, 0.25) is 10.0 Å². The fourth-order valence-corrected chi connectivity index (χ4v) is 3.37. The van der Waals surface area contributed by atoms with Crippen molar-refractivity contribution in [3.05, 3.63) is 45.5 Å². The van der Waals surface area contributed by atoms with Crippen LogP contribution in [0.15, 0.2) is 29.8 Å². The number of carbonyl (C=O) groups is 1. The third-order valence-corrected chi connectivity index (χ3v) is 4.38. The summed E-state index contributed by atoms with van der Waals surface area (Å²) in [7, 11) is 0. The van der Waals surface area contributed by atoms with Gasteiger partial charge in [0.2, 0.25) is 5.91 Å². The first-order chi connectivity index (χ1) is 9.88. The third-order valence-electron chi connectivity index (χ3n) is 3.83. The average molecular weight is 326 g/mol. The molecule has 1 aromatic carbocycles. The Morgan fingerprint density at radius 1 is 1.29 bits per heavy atom. The van der Waals surface area contributed by atoms with E-state index in [1.54, 1.807) is 12.1 Å². The molecule has 0 spiro atoms. The van der Waals surface area contributed by atoms with Gasteiger partial charge < -0.3 is 5.32 Å². The fourth-order valence-electron chi connectivity index (χ4n) is 2.73. The van der Waals surface area contributed by atoms with E-state index in [0.29, 0.717) is 16.5 Å². The largest absolute Gasteiger partial charge is 0.347 e. The van der Waals surface area contributed by atoms with E-state index < -0.39 is 5.54 Å². The Balaban J connectivity index is 2.05. The minimum absolute atomic E-state index is 0.0409. The number of benzene rings is 1. The second-order valence-electron chi connectivity index (χ2n) is 6.08. The quantitative estimate of drug-likeness (QED) is 0.754. The first-order valence-corrected chi connectivity index (χ1v) is 8.08. The fraction of sp³-hybridized carbons (Fsp3) is 0.471. The van der Waals surface area contributed by atoms with Crippen molar-refractivity contribution in [3.63, 3.8) is 0 Å². The second-order valence-corrected chi connectivity index (χ2v) is 6.93. The zero-order valence-corrected chi connectivity index (χ0v) is 14.0. The van der Waals surface area contributed by atoms with E-state index in [2.05, 4.69) is 11.4 Å². The van der Waals surface area contributed by atoms with Crippen molar-refractivity contribution in [1.82, 2.24) is 5.32 Å². The van der Waals surface area contributed by atoms with Crippen LogP contribution < -0.4 is 5.32 Å². The van der Waals surface area contributed by atoms with Crippen LogP contribution in [-0.2, 0) is 10.3 Å². The average Bonchev–Trinajstić information content (AvgIpc) is 2.38. The van der Waals surface area contributed by atoms with Gasteiger partial charge in [-0.1, -0.05) is 40.9 Å². The lowest BCUT2D eigenvalue weighted by molar-refractivity contribution is -0.122. The van der Waals surface area contributed by atoms with E-state index in [4.69, 9.17) is 23.2 Å². The lowest BCUT2D eigenvalue weighted by Crippen LogP contribution is -2.41. The van der Waals surface area contributed by atoms with Gasteiger partial charge in [0, 0.05) is 16.5 Å². The van der Waals surface area contributed by atoms with Crippen LogP contribution >= 0.6 is 23.2 Å². The Bertz CT molecular complexity index is 564. The van der Waals surface area contributed by atoms with Gasteiger partial charge in [-0.05, 0) is 57.2 Å². The zero-order chi connectivity index (χ0) is 15.5. The topological polar surface area (TPSA) is 29.1 Å². The molecule has 0 aromatic heterocycles. The van der Waals surface area contributed by atoms with Gasteiger partial charge in [0.1, 0.15) is 0 Å². The number of hydrogen-bond acceptors (Lipinski definition) is 1. The highest BCUT2D eigenvalue weighted by Gasteiger charge is 2.25. The molecule has 1 N–H and O–H groups in total. The number of halogens is 2. The summed E-state index contributed by atoms with van der Waals surface area (Å²) in [6.45, 7) is 3.91. The Kier molecular flexibility index (Phi) is 5.34. The van der Waals surface area contributed by atoms with Crippen molar-refractivity contribution in [2.24, 2.45) is 0 Å². The number of allylic oxidation sites excluding steroid dienone is 1. The molecule has 0 fully saturated rings. The van der Waals surface area contributed by atoms with E-state index in [9.17, 15) is 4.79 Å². The maximum absolute atomic E-state index is 12.3. The molecule has 2 rings (SSSR count). The van der Waals surface area contributed by atoms with Gasteiger partial charge in [-0.3, -0.25) is 4.79 Å². The van der Waals surface area contributed by atoms with Gasteiger partial charge in [0.25, 0.3) is 0 Å². The van der Waals surface area contributed by atoms with Crippen LogP contribution in [0.1, 0.15) is 51.5 Å². The molecule has 0 saturated carbocycles. The smallest absolute Gasteiger partial charge is 0.224 e. The van der Waals surface area contributed by atoms with Gasteiger partial charge in [-0.2, -0.15) is 0 Å². The number of carbonyl (C=O) groups excluding carboxylic acids is 1. The lowest BCUT2D eigenvalue weighted by atomic mass is 9.92. The first-order valence-electron chi connectivity index (χ1n) is 7.33. The van der Waals surface area contributed by atoms with Crippen LogP contribution in [-0.4, -0.2) is 5.91 Å². The molecule has 1 aliphatic rings. The molecule has 1 aromatic rings. The van der Waals surface area contributed by atoms with Crippen LogP contribution in [0.25, 0.3) is 0 Å². The Hall–Kier alpha value is -0.990. The highest BCUT2D eigenvalue weighted by atomic mass is 35.5. The minimum Gasteiger partial charge on any atom is -0.347 e. The molecule has 21 heavy (non-hydrogen) atoms. The predicted octanol–water partition coefficient (Wildman–Crippen LogP) is 5.24. The van der Waals surface area contributed by atoms with E-state index >= 15 is 0 Å². The number of rotatable bonds is 4. The van der Waals surface area contributed by atoms with Crippen LogP contribution in [0.5, 0.6) is 0 Å². The third kappa shape index (κ3) is 4.49. The number of amides is 1. The van der Waals surface area contributed by atoms with Crippen molar-refractivity contribution in [2.75, 3.05) is 0 Å². The molecule has 0 atom stereocenters. The highest BCUT2D eigenvalue weighted by molar-refractivity contribution is 6.35. The van der Waals surface area contributed by atoms with Gasteiger partial charge >= 0.3 is 0 Å². The summed E-state index contributed by atoms with van der Waals surface area (Å²) in [5.74, 6) is 0.0409. The maximum Gasteiger partial charge on any atom is 0.224 e. The summed E-state index contributed by atoms with van der Waals surface area (Å²) in [4.78, 5) is 12.3. The lowest BCUT2D eigenvalue weighted by Gasteiger charge is -2.28. The number of nitrogens with one attached hydrogen (secondary N) is 1. The summed E-state index contributed by atoms with van der Waals surface area (Å²) in [6.07, 6.45) is 7.23. The van der Waals surface area contributed by atoms with Crippen LogP contribution in [0.3, 0.4) is 0 Å². The molecule has 0 bridgehead atoms.